The molecule has 10 heteroatoms. The standard InChI is InChI=1S/C31H31F2N3O5/c1-20-7-5-10-22(15-20)26(19-28(38)39)34-29(40)30-35(27(37)12-11-21-8-3-2-4-9-21)13-6-14-36(30)31(41)23-16-24(32)18-25(33)17-23/h2-5,7-10,15-18,26,30H,6,11-14,19H2,1H3,(H,34,40)(H,38,39). The summed E-state index contributed by atoms with van der Waals surface area (Å²) >= 11 is 0. The van der Waals surface area contributed by atoms with Crippen molar-refractivity contribution in [3.63, 3.8) is 0 Å². The van der Waals surface area contributed by atoms with E-state index in [0.29, 0.717) is 24.5 Å². The number of benzene rings is 3. The molecular weight excluding hydrogens is 532 g/mol. The fraction of sp³-hybridized carbons (Fsp3) is 0.290. The molecule has 1 aliphatic heterocycles. The molecule has 41 heavy (non-hydrogen) atoms. The van der Waals surface area contributed by atoms with Gasteiger partial charge in [-0.15, -0.1) is 0 Å². The van der Waals surface area contributed by atoms with Gasteiger partial charge >= 0.3 is 5.97 Å². The number of hydrogen-bond acceptors (Lipinski definition) is 4. The molecule has 0 saturated carbocycles. The Labute approximate surface area is 236 Å². The van der Waals surface area contributed by atoms with Crippen molar-refractivity contribution in [2.45, 2.75) is 44.8 Å². The molecule has 0 bridgehead atoms. The van der Waals surface area contributed by atoms with Crippen molar-refractivity contribution >= 4 is 23.7 Å². The van der Waals surface area contributed by atoms with Crippen molar-refractivity contribution in [2.24, 2.45) is 0 Å². The second-order valence-electron chi connectivity index (χ2n) is 10.0. The number of carboxylic acid groups (broad SMARTS) is 1. The van der Waals surface area contributed by atoms with E-state index in [1.54, 1.807) is 18.2 Å². The molecule has 0 radical (unpaired) electrons. The number of amides is 3. The molecule has 0 spiro atoms. The van der Waals surface area contributed by atoms with E-state index in [2.05, 4.69) is 5.32 Å². The van der Waals surface area contributed by atoms with Crippen LogP contribution < -0.4 is 5.32 Å². The second-order valence-corrected chi connectivity index (χ2v) is 10.0. The van der Waals surface area contributed by atoms with Gasteiger partial charge in [-0.05, 0) is 43.0 Å². The molecule has 2 atom stereocenters. The monoisotopic (exact) mass is 563 g/mol. The van der Waals surface area contributed by atoms with Crippen LogP contribution in [0.5, 0.6) is 0 Å². The van der Waals surface area contributed by atoms with Crippen molar-refractivity contribution in [3.8, 4) is 0 Å². The first-order chi connectivity index (χ1) is 19.6. The van der Waals surface area contributed by atoms with Crippen LogP contribution in [0.15, 0.2) is 72.8 Å². The number of carbonyl (C=O) groups is 4. The van der Waals surface area contributed by atoms with Gasteiger partial charge in [-0.25, -0.2) is 8.78 Å². The van der Waals surface area contributed by atoms with Crippen LogP contribution in [0, 0.1) is 18.6 Å². The number of carboxylic acids is 1. The van der Waals surface area contributed by atoms with Crippen molar-refractivity contribution in [2.75, 3.05) is 13.1 Å². The van der Waals surface area contributed by atoms with Crippen molar-refractivity contribution in [3.05, 3.63) is 107 Å². The van der Waals surface area contributed by atoms with Crippen LogP contribution in [-0.2, 0) is 20.8 Å². The molecule has 1 aliphatic rings. The Morgan fingerprint density at radius 1 is 0.927 bits per heavy atom. The van der Waals surface area contributed by atoms with E-state index >= 15 is 0 Å². The van der Waals surface area contributed by atoms with E-state index in [-0.39, 0.29) is 31.0 Å². The van der Waals surface area contributed by atoms with Gasteiger partial charge in [0.2, 0.25) is 5.91 Å². The number of carbonyl (C=O) groups excluding carboxylic acids is 3. The van der Waals surface area contributed by atoms with Crippen molar-refractivity contribution in [1.82, 2.24) is 15.1 Å². The molecule has 3 aromatic rings. The van der Waals surface area contributed by atoms with Gasteiger partial charge in [0.15, 0.2) is 6.17 Å². The van der Waals surface area contributed by atoms with Gasteiger partial charge in [-0.2, -0.15) is 0 Å². The predicted octanol–water partition coefficient (Wildman–Crippen LogP) is 4.24. The number of halogens is 2. The summed E-state index contributed by atoms with van der Waals surface area (Å²) in [5, 5.41) is 12.3. The smallest absolute Gasteiger partial charge is 0.305 e. The molecule has 0 aliphatic carbocycles. The average Bonchev–Trinajstić information content (AvgIpc) is 2.94. The lowest BCUT2D eigenvalue weighted by atomic mass is 10.0. The third kappa shape index (κ3) is 7.53. The Morgan fingerprint density at radius 3 is 2.27 bits per heavy atom. The number of hydrogen-bond donors (Lipinski definition) is 2. The maximum atomic E-state index is 14.0. The lowest BCUT2D eigenvalue weighted by Crippen LogP contribution is -2.63. The highest BCUT2D eigenvalue weighted by atomic mass is 19.1. The summed E-state index contributed by atoms with van der Waals surface area (Å²) in [5.41, 5.74) is 2.01. The third-order valence-corrected chi connectivity index (χ3v) is 6.92. The van der Waals surface area contributed by atoms with Crippen LogP contribution in [0.4, 0.5) is 8.78 Å². The summed E-state index contributed by atoms with van der Waals surface area (Å²) in [6.07, 6.45) is -1.10. The summed E-state index contributed by atoms with van der Waals surface area (Å²) in [7, 11) is 0. The van der Waals surface area contributed by atoms with Crippen LogP contribution in [0.2, 0.25) is 0 Å². The molecule has 214 valence electrons. The number of aryl methyl sites for hydroxylation is 2. The van der Waals surface area contributed by atoms with Crippen LogP contribution in [0.3, 0.4) is 0 Å². The summed E-state index contributed by atoms with van der Waals surface area (Å²) in [4.78, 5) is 55.0. The first kappa shape index (κ1) is 29.4. The van der Waals surface area contributed by atoms with Gasteiger partial charge in [0.05, 0.1) is 12.5 Å². The van der Waals surface area contributed by atoms with Crippen LogP contribution in [-0.4, -0.2) is 57.9 Å². The molecule has 2 unspecified atom stereocenters. The summed E-state index contributed by atoms with van der Waals surface area (Å²) in [6, 6.07) is 17.7. The van der Waals surface area contributed by atoms with Crippen molar-refractivity contribution in [1.29, 1.82) is 0 Å². The quantitative estimate of drug-likeness (QED) is 0.405. The van der Waals surface area contributed by atoms with Gasteiger partial charge in [0, 0.05) is 31.1 Å². The van der Waals surface area contributed by atoms with Crippen molar-refractivity contribution < 1.29 is 33.1 Å². The molecule has 8 nitrogen and oxygen atoms in total. The minimum absolute atomic E-state index is 0.0472. The normalized spacial score (nSPS) is 15.7. The second kappa shape index (κ2) is 13.2. The van der Waals surface area contributed by atoms with Gasteiger partial charge in [-0.3, -0.25) is 19.2 Å². The van der Waals surface area contributed by atoms with E-state index < -0.39 is 48.0 Å². The predicted molar refractivity (Wildman–Crippen MR) is 147 cm³/mol. The number of aliphatic carboxylic acids is 1. The number of rotatable bonds is 9. The summed E-state index contributed by atoms with van der Waals surface area (Å²) in [6.45, 7) is 2.04. The molecule has 1 heterocycles. The number of nitrogens with zero attached hydrogens (tertiary/aromatic N) is 2. The Bertz CT molecular complexity index is 1410. The first-order valence-corrected chi connectivity index (χ1v) is 13.3. The van der Waals surface area contributed by atoms with Crippen LogP contribution >= 0.6 is 0 Å². The molecule has 0 aromatic heterocycles. The lowest BCUT2D eigenvalue weighted by Gasteiger charge is -2.43. The third-order valence-electron chi connectivity index (χ3n) is 6.92. The van der Waals surface area contributed by atoms with Gasteiger partial charge in [0.25, 0.3) is 11.8 Å². The molecule has 3 amide bonds. The molecule has 2 N–H and O–H groups in total. The fourth-order valence-electron chi connectivity index (χ4n) is 5.02. The van der Waals surface area contributed by atoms with E-state index in [1.165, 1.54) is 4.90 Å². The Balaban J connectivity index is 1.66. The van der Waals surface area contributed by atoms with Gasteiger partial charge < -0.3 is 20.2 Å². The maximum Gasteiger partial charge on any atom is 0.305 e. The minimum atomic E-state index is -1.45. The first-order valence-electron chi connectivity index (χ1n) is 13.3. The van der Waals surface area contributed by atoms with Crippen LogP contribution in [0.25, 0.3) is 0 Å². The highest BCUT2D eigenvalue weighted by molar-refractivity contribution is 5.99. The Kier molecular flexibility index (Phi) is 9.44. The molecular formula is C31H31F2N3O5. The molecule has 1 saturated heterocycles. The largest absolute Gasteiger partial charge is 0.481 e. The van der Waals surface area contributed by atoms with Gasteiger partial charge in [-0.1, -0.05) is 60.2 Å². The molecule has 4 rings (SSSR count). The zero-order valence-corrected chi connectivity index (χ0v) is 22.6. The van der Waals surface area contributed by atoms with E-state index in [9.17, 15) is 33.1 Å². The van der Waals surface area contributed by atoms with E-state index in [0.717, 1.165) is 28.2 Å². The zero-order valence-electron chi connectivity index (χ0n) is 22.6. The zero-order chi connectivity index (χ0) is 29.5. The summed E-state index contributed by atoms with van der Waals surface area (Å²) in [5.74, 6) is -5.04. The highest BCUT2D eigenvalue weighted by Crippen LogP contribution is 2.24. The van der Waals surface area contributed by atoms with Crippen LogP contribution in [0.1, 0.15) is 52.4 Å². The Hall–Kier alpha value is -4.60. The SMILES string of the molecule is Cc1cccc(C(CC(=O)O)NC(=O)C2N(C(=O)CCc3ccccc3)CCCN2C(=O)c2cc(F)cc(F)c2)c1. The Morgan fingerprint density at radius 2 is 1.61 bits per heavy atom. The van der Waals surface area contributed by atoms with Gasteiger partial charge in [0.1, 0.15) is 11.6 Å². The highest BCUT2D eigenvalue weighted by Gasteiger charge is 2.41. The summed E-state index contributed by atoms with van der Waals surface area (Å²) < 4.78 is 28.0. The number of nitrogens with one attached hydrogen (secondary N) is 1. The lowest BCUT2D eigenvalue weighted by molar-refractivity contribution is -0.150. The topological polar surface area (TPSA) is 107 Å². The molecule has 1 fully saturated rings. The maximum absolute atomic E-state index is 14.0. The van der Waals surface area contributed by atoms with E-state index in [1.807, 2.05) is 43.3 Å². The van der Waals surface area contributed by atoms with E-state index in [4.69, 9.17) is 0 Å². The molecule has 3 aromatic carbocycles. The fourth-order valence-corrected chi connectivity index (χ4v) is 5.02. The minimum Gasteiger partial charge on any atom is -0.481 e. The average molecular weight is 564 g/mol.